The van der Waals surface area contributed by atoms with Crippen molar-refractivity contribution in [2.75, 3.05) is 39.9 Å². The maximum absolute atomic E-state index is 13.2. The van der Waals surface area contributed by atoms with E-state index in [1.165, 1.54) is 12.8 Å². The predicted molar refractivity (Wildman–Crippen MR) is 96.2 cm³/mol. The zero-order valence-electron chi connectivity index (χ0n) is 15.1. The molecule has 0 unspecified atom stereocenters. The van der Waals surface area contributed by atoms with E-state index in [1.807, 2.05) is 0 Å². The molecule has 2 saturated heterocycles. The van der Waals surface area contributed by atoms with Crippen molar-refractivity contribution in [1.29, 1.82) is 0 Å². The van der Waals surface area contributed by atoms with Gasteiger partial charge in [-0.25, -0.2) is 8.42 Å². The van der Waals surface area contributed by atoms with Crippen LogP contribution in [0.5, 0.6) is 5.75 Å². The zero-order chi connectivity index (χ0) is 17.9. The van der Waals surface area contributed by atoms with Gasteiger partial charge in [-0.2, -0.15) is 4.31 Å². The summed E-state index contributed by atoms with van der Waals surface area (Å²) in [5, 5.41) is 0. The number of rotatable bonds is 6. The zero-order valence-corrected chi connectivity index (χ0v) is 15.9. The highest BCUT2D eigenvalue weighted by Gasteiger charge is 2.50. The van der Waals surface area contributed by atoms with Crippen LogP contribution in [0.2, 0.25) is 0 Å². The van der Waals surface area contributed by atoms with E-state index in [9.17, 15) is 8.42 Å². The molecule has 7 heteroatoms. The maximum atomic E-state index is 13.2. The SMILES string of the molecule is CCCCN1CCC2(CC1)OCCN2S(=O)(=O)c1ccc(OC)cc1. The third kappa shape index (κ3) is 3.69. The van der Waals surface area contributed by atoms with E-state index in [-0.39, 0.29) is 0 Å². The summed E-state index contributed by atoms with van der Waals surface area (Å²) in [6.45, 7) is 5.92. The van der Waals surface area contributed by atoms with Gasteiger partial charge in [-0.05, 0) is 37.2 Å². The van der Waals surface area contributed by atoms with E-state index in [1.54, 1.807) is 35.7 Å². The Balaban J connectivity index is 1.76. The van der Waals surface area contributed by atoms with Crippen molar-refractivity contribution < 1.29 is 17.9 Å². The number of piperidine rings is 1. The normalized spacial score (nSPS) is 21.7. The third-order valence-corrected chi connectivity index (χ3v) is 7.20. The fourth-order valence-corrected chi connectivity index (χ4v) is 5.43. The van der Waals surface area contributed by atoms with Crippen molar-refractivity contribution in [3.63, 3.8) is 0 Å². The lowest BCUT2D eigenvalue weighted by molar-refractivity contribution is -0.0906. The summed E-state index contributed by atoms with van der Waals surface area (Å²) >= 11 is 0. The van der Waals surface area contributed by atoms with Crippen LogP contribution in [-0.2, 0) is 14.8 Å². The molecule has 2 fully saturated rings. The lowest BCUT2D eigenvalue weighted by Gasteiger charge is -2.42. The molecular formula is C18H28N2O4S. The van der Waals surface area contributed by atoms with E-state index in [4.69, 9.17) is 9.47 Å². The van der Waals surface area contributed by atoms with Crippen LogP contribution in [0.3, 0.4) is 0 Å². The largest absolute Gasteiger partial charge is 0.497 e. The van der Waals surface area contributed by atoms with Gasteiger partial charge in [-0.1, -0.05) is 13.3 Å². The molecule has 1 spiro atoms. The van der Waals surface area contributed by atoms with E-state index in [0.717, 1.165) is 32.5 Å². The van der Waals surface area contributed by atoms with Gasteiger partial charge in [0.05, 0.1) is 18.6 Å². The monoisotopic (exact) mass is 368 g/mol. The van der Waals surface area contributed by atoms with Gasteiger partial charge in [0.2, 0.25) is 10.0 Å². The minimum absolute atomic E-state index is 0.298. The molecule has 0 atom stereocenters. The second-order valence-corrected chi connectivity index (χ2v) is 8.60. The van der Waals surface area contributed by atoms with Gasteiger partial charge in [0.15, 0.2) is 0 Å². The smallest absolute Gasteiger partial charge is 0.245 e. The average Bonchev–Trinajstić information content (AvgIpc) is 3.05. The summed E-state index contributed by atoms with van der Waals surface area (Å²) in [5.74, 6) is 0.649. The van der Waals surface area contributed by atoms with Gasteiger partial charge in [0.1, 0.15) is 11.5 Å². The molecule has 0 radical (unpaired) electrons. The number of methoxy groups -OCH3 is 1. The van der Waals surface area contributed by atoms with Crippen LogP contribution in [0, 0.1) is 0 Å². The number of hydrogen-bond donors (Lipinski definition) is 0. The summed E-state index contributed by atoms with van der Waals surface area (Å²) in [4.78, 5) is 2.71. The quantitative estimate of drug-likeness (QED) is 0.771. The fourth-order valence-electron chi connectivity index (χ4n) is 3.71. The second kappa shape index (κ2) is 7.61. The Morgan fingerprint density at radius 1 is 1.16 bits per heavy atom. The van der Waals surface area contributed by atoms with Crippen LogP contribution in [0.25, 0.3) is 0 Å². The molecule has 0 aliphatic carbocycles. The predicted octanol–water partition coefficient (Wildman–Crippen LogP) is 2.31. The summed E-state index contributed by atoms with van der Waals surface area (Å²) in [6.07, 6.45) is 3.82. The summed E-state index contributed by atoms with van der Waals surface area (Å²) in [6, 6.07) is 6.58. The molecule has 1 aromatic rings. The lowest BCUT2D eigenvalue weighted by atomic mass is 10.0. The van der Waals surface area contributed by atoms with Crippen LogP contribution >= 0.6 is 0 Å². The Bertz CT molecular complexity index is 667. The van der Waals surface area contributed by atoms with Crippen molar-refractivity contribution in [2.24, 2.45) is 0 Å². The van der Waals surface area contributed by atoms with Crippen LogP contribution in [0.15, 0.2) is 29.2 Å². The first-order valence-electron chi connectivity index (χ1n) is 9.05. The minimum Gasteiger partial charge on any atom is -0.497 e. The molecule has 0 aromatic heterocycles. The topological polar surface area (TPSA) is 59.1 Å². The number of hydrogen-bond acceptors (Lipinski definition) is 5. The number of ether oxygens (including phenoxy) is 2. The van der Waals surface area contributed by atoms with Gasteiger partial charge < -0.3 is 14.4 Å². The van der Waals surface area contributed by atoms with E-state index in [2.05, 4.69) is 11.8 Å². The molecule has 1 aromatic carbocycles. The Morgan fingerprint density at radius 3 is 2.44 bits per heavy atom. The number of nitrogens with zero attached hydrogens (tertiary/aromatic N) is 2. The van der Waals surface area contributed by atoms with Gasteiger partial charge in [-0.15, -0.1) is 0 Å². The lowest BCUT2D eigenvalue weighted by Crippen LogP contribution is -2.54. The summed E-state index contributed by atoms with van der Waals surface area (Å²) in [7, 11) is -2.00. The standard InChI is InChI=1S/C18H28N2O4S/c1-3-4-11-19-12-9-18(10-13-19)20(14-15-24-18)25(21,22)17-7-5-16(23-2)6-8-17/h5-8H,3-4,9-15H2,1-2H3. The van der Waals surface area contributed by atoms with Crippen LogP contribution in [-0.4, -0.2) is 63.2 Å². The van der Waals surface area contributed by atoms with Crippen molar-refractivity contribution in [3.05, 3.63) is 24.3 Å². The first kappa shape index (κ1) is 18.6. The van der Waals surface area contributed by atoms with Gasteiger partial charge in [-0.3, -0.25) is 0 Å². The molecule has 0 bridgehead atoms. The molecule has 2 heterocycles. The van der Waals surface area contributed by atoms with Crippen molar-refractivity contribution >= 4 is 10.0 Å². The molecule has 2 aliphatic rings. The second-order valence-electron chi connectivity index (χ2n) is 6.74. The number of benzene rings is 1. The highest BCUT2D eigenvalue weighted by atomic mass is 32.2. The van der Waals surface area contributed by atoms with Gasteiger partial charge >= 0.3 is 0 Å². The molecule has 3 rings (SSSR count). The fraction of sp³-hybridized carbons (Fsp3) is 0.667. The van der Waals surface area contributed by atoms with E-state index < -0.39 is 15.7 Å². The molecule has 0 N–H and O–H groups in total. The van der Waals surface area contributed by atoms with Crippen LogP contribution in [0.1, 0.15) is 32.6 Å². The van der Waals surface area contributed by atoms with Crippen LogP contribution < -0.4 is 4.74 Å². The molecule has 0 amide bonds. The highest BCUT2D eigenvalue weighted by molar-refractivity contribution is 7.89. The van der Waals surface area contributed by atoms with E-state index in [0.29, 0.717) is 23.8 Å². The summed E-state index contributed by atoms with van der Waals surface area (Å²) < 4.78 is 39.0. The molecule has 6 nitrogen and oxygen atoms in total. The molecule has 140 valence electrons. The first-order chi connectivity index (χ1) is 12.0. The molecule has 0 saturated carbocycles. The Kier molecular flexibility index (Phi) is 5.68. The molecule has 2 aliphatic heterocycles. The van der Waals surface area contributed by atoms with Gasteiger partial charge in [0, 0.05) is 32.5 Å². The molecule has 25 heavy (non-hydrogen) atoms. The maximum Gasteiger partial charge on any atom is 0.245 e. The Labute approximate surface area is 150 Å². The Hall–Kier alpha value is -1.15. The van der Waals surface area contributed by atoms with E-state index >= 15 is 0 Å². The van der Waals surface area contributed by atoms with Crippen LogP contribution in [0.4, 0.5) is 0 Å². The first-order valence-corrected chi connectivity index (χ1v) is 10.5. The number of likely N-dealkylation sites (tertiary alicyclic amines) is 1. The Morgan fingerprint density at radius 2 is 1.84 bits per heavy atom. The third-order valence-electron chi connectivity index (χ3n) is 5.23. The summed E-state index contributed by atoms with van der Waals surface area (Å²) in [5.41, 5.74) is -0.679. The molecular weight excluding hydrogens is 340 g/mol. The number of sulfonamides is 1. The number of unbranched alkanes of at least 4 members (excludes halogenated alkanes) is 1. The van der Waals surface area contributed by atoms with Crippen molar-refractivity contribution in [3.8, 4) is 5.75 Å². The highest BCUT2D eigenvalue weighted by Crippen LogP contribution is 2.38. The minimum atomic E-state index is -3.57. The van der Waals surface area contributed by atoms with Crippen molar-refractivity contribution in [1.82, 2.24) is 9.21 Å². The van der Waals surface area contributed by atoms with Gasteiger partial charge in [0.25, 0.3) is 0 Å². The average molecular weight is 368 g/mol. The van der Waals surface area contributed by atoms with Crippen molar-refractivity contribution in [2.45, 2.75) is 43.2 Å².